The molecule has 1 aromatic rings. The molecule has 124 valence electrons. The van der Waals surface area contributed by atoms with E-state index in [0.29, 0.717) is 5.92 Å². The van der Waals surface area contributed by atoms with Crippen LogP contribution < -0.4 is 4.72 Å². The minimum atomic E-state index is -3.85. The highest BCUT2D eigenvalue weighted by atomic mass is 32.2. The van der Waals surface area contributed by atoms with Crippen molar-refractivity contribution in [3.63, 3.8) is 0 Å². The van der Waals surface area contributed by atoms with Crippen LogP contribution in [0.5, 0.6) is 0 Å². The van der Waals surface area contributed by atoms with Gasteiger partial charge in [0.05, 0.1) is 4.90 Å². The van der Waals surface area contributed by atoms with E-state index in [4.69, 9.17) is 0 Å². The predicted molar refractivity (Wildman–Crippen MR) is 85.9 cm³/mol. The highest BCUT2D eigenvalue weighted by Gasteiger charge is 2.30. The molecule has 0 aliphatic heterocycles. The summed E-state index contributed by atoms with van der Waals surface area (Å²) in [7, 11) is -7.44. The van der Waals surface area contributed by atoms with Gasteiger partial charge in [-0.25, -0.2) is 21.6 Å². The lowest BCUT2D eigenvalue weighted by atomic mass is 9.83. The highest BCUT2D eigenvalue weighted by molar-refractivity contribution is 7.93. The van der Waals surface area contributed by atoms with Crippen molar-refractivity contribution >= 4 is 19.9 Å². The van der Waals surface area contributed by atoms with Crippen molar-refractivity contribution in [1.29, 1.82) is 0 Å². The van der Waals surface area contributed by atoms with Crippen LogP contribution in [0.3, 0.4) is 0 Å². The topological polar surface area (TPSA) is 80.3 Å². The first-order valence-electron chi connectivity index (χ1n) is 7.57. The second-order valence-electron chi connectivity index (χ2n) is 5.90. The number of hydrogen-bond acceptors (Lipinski definition) is 4. The smallest absolute Gasteiger partial charge is 0.224 e. The van der Waals surface area contributed by atoms with Crippen LogP contribution in [0.15, 0.2) is 34.1 Å². The third-order valence-corrected chi connectivity index (χ3v) is 7.11. The Labute approximate surface area is 133 Å². The lowest BCUT2D eigenvalue weighted by molar-refractivity contribution is 0.282. The van der Waals surface area contributed by atoms with Crippen molar-refractivity contribution in [2.75, 3.05) is 6.26 Å². The fourth-order valence-corrected chi connectivity index (χ4v) is 6.06. The summed E-state index contributed by atoms with van der Waals surface area (Å²) in [6.45, 7) is 2.06. The molecule has 2 rings (SSSR count). The number of sulfone groups is 1. The van der Waals surface area contributed by atoms with E-state index in [0.717, 1.165) is 38.4 Å². The maximum absolute atomic E-state index is 12.7. The van der Waals surface area contributed by atoms with Gasteiger partial charge in [-0.3, -0.25) is 0 Å². The molecular formula is C15H23NO4S2. The summed E-state index contributed by atoms with van der Waals surface area (Å²) in [5.41, 5.74) is 0. The molecule has 7 heteroatoms. The quantitative estimate of drug-likeness (QED) is 0.888. The largest absolute Gasteiger partial charge is 0.242 e. The molecule has 0 bridgehead atoms. The predicted octanol–water partition coefficient (Wildman–Crippen LogP) is 2.34. The van der Waals surface area contributed by atoms with E-state index in [1.807, 2.05) is 0 Å². The minimum Gasteiger partial charge on any atom is -0.224 e. The average molecular weight is 345 g/mol. The Balaban J connectivity index is 2.35. The molecule has 1 aliphatic rings. The molecule has 1 aliphatic carbocycles. The van der Waals surface area contributed by atoms with Crippen molar-refractivity contribution in [3.05, 3.63) is 24.3 Å². The lowest BCUT2D eigenvalue weighted by Crippen LogP contribution is -2.42. The molecule has 1 fully saturated rings. The summed E-state index contributed by atoms with van der Waals surface area (Å²) < 4.78 is 51.7. The zero-order valence-electron chi connectivity index (χ0n) is 12.9. The zero-order valence-corrected chi connectivity index (χ0v) is 14.6. The van der Waals surface area contributed by atoms with Crippen LogP contribution >= 0.6 is 0 Å². The van der Waals surface area contributed by atoms with Crippen LogP contribution in [0.2, 0.25) is 0 Å². The molecule has 2 unspecified atom stereocenters. The zero-order chi connectivity index (χ0) is 16.4. The van der Waals surface area contributed by atoms with Crippen molar-refractivity contribution in [3.8, 4) is 0 Å². The van der Waals surface area contributed by atoms with Crippen LogP contribution in [-0.2, 0) is 19.9 Å². The van der Waals surface area contributed by atoms with E-state index >= 15 is 0 Å². The van der Waals surface area contributed by atoms with E-state index < -0.39 is 19.9 Å². The van der Waals surface area contributed by atoms with Gasteiger partial charge in [-0.15, -0.1) is 0 Å². The van der Waals surface area contributed by atoms with Gasteiger partial charge in [-0.05, 0) is 30.9 Å². The van der Waals surface area contributed by atoms with Gasteiger partial charge in [0.25, 0.3) is 0 Å². The van der Waals surface area contributed by atoms with Crippen LogP contribution in [0.4, 0.5) is 0 Å². The van der Waals surface area contributed by atoms with E-state index in [1.54, 1.807) is 6.07 Å². The van der Waals surface area contributed by atoms with Gasteiger partial charge in [-0.2, -0.15) is 0 Å². The Kier molecular flexibility index (Phi) is 5.29. The normalized spacial score (nSPS) is 23.4. The molecule has 0 aromatic heterocycles. The maximum Gasteiger partial charge on any atom is 0.242 e. The van der Waals surface area contributed by atoms with E-state index in [1.165, 1.54) is 18.2 Å². The monoisotopic (exact) mass is 345 g/mol. The molecule has 1 saturated carbocycles. The molecule has 0 spiro atoms. The Hall–Kier alpha value is -0.920. The lowest BCUT2D eigenvalue weighted by Gasteiger charge is -2.31. The summed E-state index contributed by atoms with van der Waals surface area (Å²) >= 11 is 0. The summed E-state index contributed by atoms with van der Waals surface area (Å²) in [5, 5.41) is 0. The van der Waals surface area contributed by atoms with Crippen LogP contribution in [0.1, 0.15) is 39.0 Å². The molecular weight excluding hydrogens is 322 g/mol. The van der Waals surface area contributed by atoms with Gasteiger partial charge in [0.1, 0.15) is 4.90 Å². The van der Waals surface area contributed by atoms with E-state index in [-0.39, 0.29) is 15.8 Å². The van der Waals surface area contributed by atoms with Crippen molar-refractivity contribution in [1.82, 2.24) is 4.72 Å². The molecule has 0 radical (unpaired) electrons. The molecule has 5 nitrogen and oxygen atoms in total. The number of sulfonamides is 1. The molecule has 0 saturated heterocycles. The third kappa shape index (κ3) is 3.88. The second kappa shape index (κ2) is 6.68. The van der Waals surface area contributed by atoms with Gasteiger partial charge >= 0.3 is 0 Å². The third-order valence-electron chi connectivity index (χ3n) is 4.28. The van der Waals surface area contributed by atoms with Crippen LogP contribution in [0, 0.1) is 5.92 Å². The van der Waals surface area contributed by atoms with Crippen LogP contribution in [0.25, 0.3) is 0 Å². The molecule has 0 amide bonds. The molecule has 1 aromatic carbocycles. The minimum absolute atomic E-state index is 0.114. The molecule has 22 heavy (non-hydrogen) atoms. The van der Waals surface area contributed by atoms with E-state index in [2.05, 4.69) is 11.6 Å². The molecule has 0 heterocycles. The Morgan fingerprint density at radius 3 is 2.23 bits per heavy atom. The molecule has 1 N–H and O–H groups in total. The number of rotatable bonds is 5. The van der Waals surface area contributed by atoms with Gasteiger partial charge in [-0.1, -0.05) is 38.3 Å². The summed E-state index contributed by atoms with van der Waals surface area (Å²) in [4.78, 5) is -0.302. The average Bonchev–Trinajstić information content (AvgIpc) is 2.46. The highest BCUT2D eigenvalue weighted by Crippen LogP contribution is 2.29. The SMILES string of the molecule is CCC1CCCCC1NS(=O)(=O)c1ccccc1S(C)(=O)=O. The standard InChI is InChI=1S/C15H23NO4S2/c1-3-12-8-4-5-9-13(12)16-22(19,20)15-11-7-6-10-14(15)21(2,17)18/h6-7,10-13,16H,3-5,8-9H2,1-2H3. The van der Waals surface area contributed by atoms with Gasteiger partial charge in [0.15, 0.2) is 9.84 Å². The van der Waals surface area contributed by atoms with Crippen molar-refractivity contribution < 1.29 is 16.8 Å². The van der Waals surface area contributed by atoms with Gasteiger partial charge in [0.2, 0.25) is 10.0 Å². The number of benzene rings is 1. The maximum atomic E-state index is 12.7. The fourth-order valence-electron chi connectivity index (χ4n) is 3.09. The number of nitrogens with one attached hydrogen (secondary N) is 1. The summed E-state index contributed by atoms with van der Waals surface area (Å²) in [6.07, 6.45) is 5.88. The van der Waals surface area contributed by atoms with E-state index in [9.17, 15) is 16.8 Å². The first-order valence-corrected chi connectivity index (χ1v) is 10.9. The Bertz CT molecular complexity index is 726. The molecule has 2 atom stereocenters. The summed E-state index contributed by atoms with van der Waals surface area (Å²) in [5.74, 6) is 0.314. The second-order valence-corrected chi connectivity index (χ2v) is 9.57. The first kappa shape index (κ1) is 17.4. The van der Waals surface area contributed by atoms with Gasteiger partial charge in [0, 0.05) is 12.3 Å². The van der Waals surface area contributed by atoms with Crippen molar-refractivity contribution in [2.24, 2.45) is 5.92 Å². The van der Waals surface area contributed by atoms with Crippen molar-refractivity contribution in [2.45, 2.75) is 54.9 Å². The van der Waals surface area contributed by atoms with Gasteiger partial charge < -0.3 is 0 Å². The Morgan fingerprint density at radius 2 is 1.64 bits per heavy atom. The Morgan fingerprint density at radius 1 is 1.05 bits per heavy atom. The van der Waals surface area contributed by atoms with Crippen LogP contribution in [-0.4, -0.2) is 29.1 Å². The summed E-state index contributed by atoms with van der Waals surface area (Å²) in [6, 6.07) is 5.65. The first-order chi connectivity index (χ1) is 10.3. The number of hydrogen-bond donors (Lipinski definition) is 1. The fraction of sp³-hybridized carbons (Fsp3) is 0.600.